The van der Waals surface area contributed by atoms with E-state index in [1.807, 2.05) is 158 Å². The van der Waals surface area contributed by atoms with Crippen molar-refractivity contribution < 1.29 is 13.3 Å². The van der Waals surface area contributed by atoms with Gasteiger partial charge in [-0.3, -0.25) is 9.97 Å². The monoisotopic (exact) mass is 1880 g/mol. The standard InChI is InChI=1S/3C44H26N4O/c1-2-12-28(13-3-1)42-46-43(31-22-21-27-11-4-5-14-29(27)25-31)48-44(47-42)36-24-23-34(32-16-7-8-17-33(32)36)35-18-10-20-38-40(35)41-39(49-38)26-30-15-6-9-19-37(30)45-41;1-2-11-28(12-3-1)42-46-43(31-20-19-27-10-4-5-13-29(27)24-31)48-44(47-42)36-22-21-34(32-15-6-7-16-33(32)36)35-17-8-18-39-41(35)37-26-38-30(14-9-23-45-38)25-40(37)49-39;1-2-11-28(12-3-1)42-46-43(31-20-19-27-10-4-5-13-29(27)24-31)48-44(47-42)36-22-21-34(32-15-6-7-16-33(32)36)35-17-8-18-39-41(35)37-25-30-14-9-23-45-38(30)26-40(37)49-39/h3*1-26H. The van der Waals surface area contributed by atoms with Crippen LogP contribution in [0.2, 0.25) is 0 Å². The molecule has 0 aliphatic rings. The lowest BCUT2D eigenvalue weighted by Gasteiger charge is -2.14. The molecule has 0 fully saturated rings. The van der Waals surface area contributed by atoms with Crippen molar-refractivity contribution in [1.82, 2.24) is 59.8 Å². The lowest BCUT2D eigenvalue weighted by atomic mass is 9.92. The molecule has 0 saturated carbocycles. The quantitative estimate of drug-likeness (QED) is 0.112. The van der Waals surface area contributed by atoms with E-state index in [9.17, 15) is 0 Å². The molecule has 15 nitrogen and oxygen atoms in total. The van der Waals surface area contributed by atoms with Crippen LogP contribution in [0, 0.1) is 0 Å². The molecular formula is C132H78N12O3. The molecule has 21 aromatic carbocycles. The summed E-state index contributed by atoms with van der Waals surface area (Å²) >= 11 is 0. The number of fused-ring (bicyclic) bond motifs is 18. The average Bonchev–Trinajstić information content (AvgIpc) is 1.69. The van der Waals surface area contributed by atoms with E-state index in [0.717, 1.165) is 231 Å². The summed E-state index contributed by atoms with van der Waals surface area (Å²) in [6, 6.07) is 158. The Morgan fingerprint density at radius 1 is 0.136 bits per heavy atom. The molecule has 147 heavy (non-hydrogen) atoms. The molecule has 0 bridgehead atoms. The zero-order valence-corrected chi connectivity index (χ0v) is 78.6. The van der Waals surface area contributed by atoms with Crippen LogP contribution in [0.4, 0.5) is 0 Å². The van der Waals surface area contributed by atoms with Gasteiger partial charge in [0.05, 0.1) is 21.9 Å². The number of benzene rings is 21. The minimum Gasteiger partial charge on any atom is -0.456 e. The second-order valence-electron chi connectivity index (χ2n) is 36.8. The van der Waals surface area contributed by atoms with E-state index in [-0.39, 0.29) is 0 Å². The molecule has 30 aromatic rings. The van der Waals surface area contributed by atoms with E-state index in [0.29, 0.717) is 52.4 Å². The lowest BCUT2D eigenvalue weighted by molar-refractivity contribution is 0.668. The van der Waals surface area contributed by atoms with Crippen LogP contribution in [-0.2, 0) is 0 Å². The summed E-state index contributed by atoms with van der Waals surface area (Å²) < 4.78 is 19.2. The fourth-order valence-electron chi connectivity index (χ4n) is 21.0. The molecule has 0 aliphatic carbocycles. The number of nitrogens with zero attached hydrogens (tertiary/aromatic N) is 12. The van der Waals surface area contributed by atoms with Gasteiger partial charge in [-0.15, -0.1) is 0 Å². The highest BCUT2D eigenvalue weighted by Crippen LogP contribution is 2.48. The highest BCUT2D eigenvalue weighted by atomic mass is 16.3. The number of para-hydroxylation sites is 1. The Labute approximate surface area is 839 Å². The van der Waals surface area contributed by atoms with Crippen molar-refractivity contribution in [3.63, 3.8) is 0 Å². The minimum absolute atomic E-state index is 0.625. The first kappa shape index (κ1) is 84.9. The Morgan fingerprint density at radius 3 is 0.850 bits per heavy atom. The van der Waals surface area contributed by atoms with Gasteiger partial charge < -0.3 is 13.3 Å². The first-order chi connectivity index (χ1) is 72.8. The minimum atomic E-state index is 0.625. The third-order valence-electron chi connectivity index (χ3n) is 28.0. The van der Waals surface area contributed by atoms with Gasteiger partial charge in [-0.1, -0.05) is 358 Å². The van der Waals surface area contributed by atoms with Gasteiger partial charge in [-0.2, -0.15) is 0 Å². The summed E-state index contributed by atoms with van der Waals surface area (Å²) in [4.78, 5) is 59.8. The largest absolute Gasteiger partial charge is 0.456 e. The van der Waals surface area contributed by atoms with Gasteiger partial charge in [0.15, 0.2) is 58.0 Å². The summed E-state index contributed by atoms with van der Waals surface area (Å²) in [5, 5.41) is 21.9. The van der Waals surface area contributed by atoms with Crippen LogP contribution in [0.3, 0.4) is 0 Å². The van der Waals surface area contributed by atoms with Crippen LogP contribution in [0.5, 0.6) is 0 Å². The topological polar surface area (TPSA) is 194 Å². The number of furan rings is 3. The molecule has 0 saturated heterocycles. The van der Waals surface area contributed by atoms with E-state index in [1.54, 1.807) is 0 Å². The van der Waals surface area contributed by atoms with Crippen LogP contribution in [0.1, 0.15) is 0 Å². The number of rotatable bonds is 12. The molecule has 0 spiro atoms. The zero-order chi connectivity index (χ0) is 96.9. The first-order valence-corrected chi connectivity index (χ1v) is 48.9. The predicted molar refractivity (Wildman–Crippen MR) is 597 cm³/mol. The number of aromatic nitrogens is 12. The van der Waals surface area contributed by atoms with Crippen LogP contribution in [0.15, 0.2) is 487 Å². The Morgan fingerprint density at radius 2 is 0.429 bits per heavy atom. The van der Waals surface area contributed by atoms with Crippen molar-refractivity contribution >= 4 is 163 Å². The Kier molecular flexibility index (Phi) is 20.5. The highest BCUT2D eigenvalue weighted by Gasteiger charge is 2.26. The predicted octanol–water partition coefficient (Wildman–Crippen LogP) is 33.9. The molecule has 30 rings (SSSR count). The summed E-state index contributed by atoms with van der Waals surface area (Å²) in [5.41, 5.74) is 23.7. The van der Waals surface area contributed by atoms with Gasteiger partial charge in [0.25, 0.3) is 0 Å². The summed E-state index contributed by atoms with van der Waals surface area (Å²) in [5.74, 6) is 5.70. The average molecular weight is 1880 g/mol. The number of pyridine rings is 3. The van der Waals surface area contributed by atoms with Gasteiger partial charge in [-0.05, 0) is 195 Å². The summed E-state index contributed by atoms with van der Waals surface area (Å²) in [6.45, 7) is 0. The first-order valence-electron chi connectivity index (χ1n) is 48.9. The summed E-state index contributed by atoms with van der Waals surface area (Å²) in [6.07, 6.45) is 3.65. The smallest absolute Gasteiger partial charge is 0.164 e. The summed E-state index contributed by atoms with van der Waals surface area (Å²) in [7, 11) is 0. The van der Waals surface area contributed by atoms with Crippen molar-refractivity contribution in [2.75, 3.05) is 0 Å². The van der Waals surface area contributed by atoms with E-state index in [2.05, 4.69) is 325 Å². The van der Waals surface area contributed by atoms with Gasteiger partial charge in [0.2, 0.25) is 0 Å². The van der Waals surface area contributed by atoms with Gasteiger partial charge in [0.1, 0.15) is 33.4 Å². The molecule has 0 aliphatic heterocycles. The van der Waals surface area contributed by atoms with Crippen LogP contribution >= 0.6 is 0 Å². The van der Waals surface area contributed by atoms with E-state index < -0.39 is 0 Å². The van der Waals surface area contributed by atoms with Crippen molar-refractivity contribution in [3.8, 4) is 136 Å². The third-order valence-corrected chi connectivity index (χ3v) is 28.0. The Balaban J connectivity index is 0.000000107. The van der Waals surface area contributed by atoms with Crippen molar-refractivity contribution in [2.24, 2.45) is 0 Å². The van der Waals surface area contributed by atoms with Crippen LogP contribution in [0.25, 0.3) is 299 Å². The van der Waals surface area contributed by atoms with Crippen molar-refractivity contribution in [3.05, 3.63) is 473 Å². The maximum Gasteiger partial charge on any atom is 0.164 e. The van der Waals surface area contributed by atoms with E-state index in [4.69, 9.17) is 63.1 Å². The highest BCUT2D eigenvalue weighted by molar-refractivity contribution is 6.22. The second-order valence-corrected chi connectivity index (χ2v) is 36.8. The maximum atomic E-state index is 6.41. The van der Waals surface area contributed by atoms with Crippen molar-refractivity contribution in [1.29, 1.82) is 0 Å². The Bertz CT molecular complexity index is 9630. The molecule has 15 heteroatoms. The van der Waals surface area contributed by atoms with Gasteiger partial charge in [0, 0.05) is 106 Å². The van der Waals surface area contributed by atoms with Gasteiger partial charge >= 0.3 is 0 Å². The molecule has 0 unspecified atom stereocenters. The molecule has 0 atom stereocenters. The molecule has 0 radical (unpaired) electrons. The molecular weight excluding hydrogens is 1800 g/mol. The fraction of sp³-hybridized carbons (Fsp3) is 0. The molecule has 9 aromatic heterocycles. The van der Waals surface area contributed by atoms with Crippen LogP contribution < -0.4 is 0 Å². The maximum absolute atomic E-state index is 6.41. The normalized spacial score (nSPS) is 11.7. The van der Waals surface area contributed by atoms with E-state index in [1.165, 1.54) is 16.2 Å². The third kappa shape index (κ3) is 15.3. The fourth-order valence-corrected chi connectivity index (χ4v) is 21.0. The molecule has 0 N–H and O–H groups in total. The van der Waals surface area contributed by atoms with Crippen molar-refractivity contribution in [2.45, 2.75) is 0 Å². The SMILES string of the molecule is c1ccc(-c2nc(-c3ccc4ccccc4c3)nc(-c3ccc(-c4cccc5oc6cc7ccccc7nc6c45)c4ccccc34)n2)cc1.c1ccc(-c2nc(-c3ccc4ccccc4c3)nc(-c3ccc(-c4cccc5oc6cc7cccnc7cc6c45)c4ccccc34)n2)cc1.c1ccc(-c2nc(-c3ccc4ccccc4c3)nc(-c3ccc(-c4cccc5oc6cc7ncccc7cc6c45)c4ccccc34)n2)cc1. The van der Waals surface area contributed by atoms with E-state index >= 15 is 0 Å². The molecule has 9 heterocycles. The van der Waals surface area contributed by atoms with Crippen LogP contribution in [-0.4, -0.2) is 59.8 Å². The Hall–Kier alpha value is -20.2. The zero-order valence-electron chi connectivity index (χ0n) is 78.6. The molecule has 684 valence electrons. The number of hydrogen-bond donors (Lipinski definition) is 0. The lowest BCUT2D eigenvalue weighted by Crippen LogP contribution is -2.01. The molecule has 0 amide bonds. The number of hydrogen-bond acceptors (Lipinski definition) is 15. The second kappa shape index (κ2) is 35.6. The van der Waals surface area contributed by atoms with Gasteiger partial charge in [-0.25, -0.2) is 49.8 Å².